The zero-order valence-electron chi connectivity index (χ0n) is 8.29. The van der Waals surface area contributed by atoms with Gasteiger partial charge in [-0.3, -0.25) is 4.79 Å². The van der Waals surface area contributed by atoms with Gasteiger partial charge in [-0.25, -0.2) is 0 Å². The van der Waals surface area contributed by atoms with Gasteiger partial charge in [-0.1, -0.05) is 17.7 Å². The number of anilines is 1. The Balaban J connectivity index is 2.26. The topological polar surface area (TPSA) is 46.3 Å². The summed E-state index contributed by atoms with van der Waals surface area (Å²) in [4.78, 5) is 12.9. The van der Waals surface area contributed by atoms with E-state index < -0.39 is 0 Å². The molecule has 2 N–H and O–H groups in total. The summed E-state index contributed by atoms with van der Waals surface area (Å²) in [6, 6.07) is 6.31. The summed E-state index contributed by atoms with van der Waals surface area (Å²) in [5, 5.41) is 0. The Morgan fingerprint density at radius 2 is 2.36 bits per heavy atom. The highest BCUT2D eigenvalue weighted by Crippen LogP contribution is 2.28. The molecule has 3 nitrogen and oxygen atoms in total. The molecular formula is C11H14N2O. The average molecular weight is 190 g/mol. The fraction of sp³-hybridized carbons (Fsp3) is 0.364. The molecule has 0 saturated carbocycles. The van der Waals surface area contributed by atoms with Crippen molar-refractivity contribution in [3.05, 3.63) is 29.3 Å². The van der Waals surface area contributed by atoms with E-state index in [0.717, 1.165) is 18.7 Å². The Morgan fingerprint density at radius 3 is 3.07 bits per heavy atom. The third kappa shape index (κ3) is 1.58. The van der Waals surface area contributed by atoms with Gasteiger partial charge in [0.15, 0.2) is 0 Å². The predicted molar refractivity (Wildman–Crippen MR) is 56.3 cm³/mol. The molecule has 1 aliphatic heterocycles. The molecule has 14 heavy (non-hydrogen) atoms. The lowest BCUT2D eigenvalue weighted by molar-refractivity contribution is -0.116. The molecule has 1 aromatic rings. The van der Waals surface area contributed by atoms with E-state index in [1.54, 1.807) is 0 Å². The number of aryl methyl sites for hydroxylation is 1. The quantitative estimate of drug-likeness (QED) is 0.751. The molecule has 0 radical (unpaired) electrons. The molecule has 3 heteroatoms. The van der Waals surface area contributed by atoms with Gasteiger partial charge in [-0.05, 0) is 25.0 Å². The van der Waals surface area contributed by atoms with Gasteiger partial charge in [0.05, 0.1) is 6.54 Å². The predicted octanol–water partition coefficient (Wildman–Crippen LogP) is 0.843. The van der Waals surface area contributed by atoms with Gasteiger partial charge in [0, 0.05) is 12.2 Å². The van der Waals surface area contributed by atoms with Gasteiger partial charge in [0.2, 0.25) is 5.91 Å². The summed E-state index contributed by atoms with van der Waals surface area (Å²) in [6.45, 7) is 3.31. The molecule has 0 unspecified atom stereocenters. The number of hydrogen-bond donors (Lipinski definition) is 1. The first kappa shape index (κ1) is 9.06. The molecular weight excluding hydrogens is 176 g/mol. The summed E-state index contributed by atoms with van der Waals surface area (Å²) in [7, 11) is 0. The third-order valence-corrected chi connectivity index (χ3v) is 2.57. The Labute approximate surface area is 83.5 Å². The highest BCUT2D eigenvalue weighted by atomic mass is 16.1. The Morgan fingerprint density at radius 1 is 1.57 bits per heavy atom. The van der Waals surface area contributed by atoms with Crippen LogP contribution >= 0.6 is 0 Å². The summed E-state index contributed by atoms with van der Waals surface area (Å²) < 4.78 is 0. The molecule has 0 fully saturated rings. The van der Waals surface area contributed by atoms with Crippen molar-refractivity contribution in [2.24, 2.45) is 5.73 Å². The number of nitrogens with two attached hydrogens (primary N) is 1. The van der Waals surface area contributed by atoms with Gasteiger partial charge in [-0.2, -0.15) is 0 Å². The van der Waals surface area contributed by atoms with E-state index in [1.165, 1.54) is 11.1 Å². The highest BCUT2D eigenvalue weighted by Gasteiger charge is 2.19. The molecule has 0 aliphatic carbocycles. The van der Waals surface area contributed by atoms with E-state index in [1.807, 2.05) is 4.90 Å². The summed E-state index contributed by atoms with van der Waals surface area (Å²) >= 11 is 0. The van der Waals surface area contributed by atoms with Gasteiger partial charge < -0.3 is 10.6 Å². The summed E-state index contributed by atoms with van der Waals surface area (Å²) in [6.07, 6.45) is 1.02. The minimum atomic E-state index is -0.265. The molecule has 1 heterocycles. The van der Waals surface area contributed by atoms with E-state index in [0.29, 0.717) is 6.54 Å². The third-order valence-electron chi connectivity index (χ3n) is 2.57. The summed E-state index contributed by atoms with van der Waals surface area (Å²) in [5.41, 5.74) is 8.93. The fourth-order valence-corrected chi connectivity index (χ4v) is 1.95. The number of amides is 1. The average Bonchev–Trinajstić information content (AvgIpc) is 2.47. The largest absolute Gasteiger partial charge is 0.368 e. The van der Waals surface area contributed by atoms with Crippen LogP contribution < -0.4 is 10.6 Å². The van der Waals surface area contributed by atoms with Crippen molar-refractivity contribution in [1.29, 1.82) is 0 Å². The molecule has 1 aliphatic rings. The number of hydrogen-bond acceptors (Lipinski definition) is 2. The van der Waals surface area contributed by atoms with E-state index in [-0.39, 0.29) is 5.91 Å². The number of nitrogens with zero attached hydrogens (tertiary/aromatic N) is 1. The van der Waals surface area contributed by atoms with E-state index in [9.17, 15) is 4.79 Å². The van der Waals surface area contributed by atoms with Crippen LogP contribution in [0.2, 0.25) is 0 Å². The van der Waals surface area contributed by atoms with Gasteiger partial charge in [0.1, 0.15) is 0 Å². The summed E-state index contributed by atoms with van der Waals surface area (Å²) in [5.74, 6) is -0.265. The van der Waals surface area contributed by atoms with E-state index in [2.05, 4.69) is 25.1 Å². The molecule has 1 aromatic carbocycles. The minimum Gasteiger partial charge on any atom is -0.368 e. The molecule has 0 saturated heterocycles. The molecule has 74 valence electrons. The van der Waals surface area contributed by atoms with Crippen molar-refractivity contribution in [2.45, 2.75) is 13.3 Å². The van der Waals surface area contributed by atoms with Crippen molar-refractivity contribution >= 4 is 11.6 Å². The molecule has 0 spiro atoms. The lowest BCUT2D eigenvalue weighted by Crippen LogP contribution is -2.32. The fourth-order valence-electron chi connectivity index (χ4n) is 1.95. The number of carbonyl (C=O) groups is 1. The number of benzene rings is 1. The van der Waals surface area contributed by atoms with Crippen molar-refractivity contribution in [2.75, 3.05) is 18.0 Å². The molecule has 0 atom stereocenters. The van der Waals surface area contributed by atoms with E-state index in [4.69, 9.17) is 5.73 Å². The molecule has 1 amide bonds. The number of carbonyl (C=O) groups excluding carboxylic acids is 1. The monoisotopic (exact) mass is 190 g/mol. The SMILES string of the molecule is Cc1ccc2c(c1)CCN2CC(N)=O. The van der Waals surface area contributed by atoms with Crippen molar-refractivity contribution in [3.8, 4) is 0 Å². The van der Waals surface area contributed by atoms with Crippen LogP contribution in [0.25, 0.3) is 0 Å². The van der Waals surface area contributed by atoms with Gasteiger partial charge >= 0.3 is 0 Å². The number of primary amides is 1. The minimum absolute atomic E-state index is 0.265. The number of fused-ring (bicyclic) bond motifs is 1. The second kappa shape index (κ2) is 3.33. The lowest BCUT2D eigenvalue weighted by atomic mass is 10.1. The van der Waals surface area contributed by atoms with Crippen LogP contribution in [0.4, 0.5) is 5.69 Å². The highest BCUT2D eigenvalue weighted by molar-refractivity contribution is 5.80. The smallest absolute Gasteiger partial charge is 0.236 e. The first-order valence-corrected chi connectivity index (χ1v) is 4.79. The van der Waals surface area contributed by atoms with Crippen LogP contribution in [0.5, 0.6) is 0 Å². The van der Waals surface area contributed by atoms with E-state index >= 15 is 0 Å². The van der Waals surface area contributed by atoms with Gasteiger partial charge in [-0.15, -0.1) is 0 Å². The molecule has 0 bridgehead atoms. The molecule has 0 aromatic heterocycles. The van der Waals surface area contributed by atoms with Crippen LogP contribution in [0.3, 0.4) is 0 Å². The maximum atomic E-state index is 10.8. The van der Waals surface area contributed by atoms with Crippen LogP contribution in [0.15, 0.2) is 18.2 Å². The van der Waals surface area contributed by atoms with Crippen LogP contribution in [0, 0.1) is 6.92 Å². The first-order valence-electron chi connectivity index (χ1n) is 4.79. The zero-order valence-corrected chi connectivity index (χ0v) is 8.29. The number of rotatable bonds is 2. The van der Waals surface area contributed by atoms with Gasteiger partial charge in [0.25, 0.3) is 0 Å². The van der Waals surface area contributed by atoms with Crippen molar-refractivity contribution in [3.63, 3.8) is 0 Å². The maximum Gasteiger partial charge on any atom is 0.236 e. The Hall–Kier alpha value is -1.51. The Bertz CT molecular complexity index is 374. The second-order valence-corrected chi connectivity index (χ2v) is 3.77. The second-order valence-electron chi connectivity index (χ2n) is 3.77. The maximum absolute atomic E-state index is 10.8. The van der Waals surface area contributed by atoms with Crippen molar-refractivity contribution < 1.29 is 4.79 Å². The van der Waals surface area contributed by atoms with Crippen molar-refractivity contribution in [1.82, 2.24) is 0 Å². The lowest BCUT2D eigenvalue weighted by Gasteiger charge is -2.16. The normalized spacial score (nSPS) is 14.2. The van der Waals surface area contributed by atoms with Crippen LogP contribution in [-0.4, -0.2) is 19.0 Å². The molecule has 2 rings (SSSR count). The van der Waals surface area contributed by atoms with Crippen LogP contribution in [-0.2, 0) is 11.2 Å². The zero-order chi connectivity index (χ0) is 10.1. The Kier molecular flexibility index (Phi) is 2.15. The standard InChI is InChI=1S/C11H14N2O/c1-8-2-3-10-9(6-8)4-5-13(10)7-11(12)14/h2-3,6H,4-5,7H2,1H3,(H2,12,14). The first-order chi connectivity index (χ1) is 6.66. The van der Waals surface area contributed by atoms with Crippen LogP contribution in [0.1, 0.15) is 11.1 Å².